The molecule has 0 amide bonds. The summed E-state index contributed by atoms with van der Waals surface area (Å²) in [6, 6.07) is 6.72. The Hall–Kier alpha value is -1.86. The van der Waals surface area contributed by atoms with Gasteiger partial charge in [-0.2, -0.15) is 10.4 Å². The van der Waals surface area contributed by atoms with Gasteiger partial charge in [-0.1, -0.05) is 13.8 Å². The number of aromatic amines is 1. The Morgan fingerprint density at radius 1 is 1.29 bits per heavy atom. The van der Waals surface area contributed by atoms with Gasteiger partial charge >= 0.3 is 0 Å². The molecule has 0 bridgehead atoms. The van der Waals surface area contributed by atoms with E-state index in [1.165, 1.54) is 23.8 Å². The van der Waals surface area contributed by atoms with Crippen LogP contribution in [0.2, 0.25) is 0 Å². The molecule has 1 aliphatic carbocycles. The molecule has 1 heterocycles. The summed E-state index contributed by atoms with van der Waals surface area (Å²) in [6.07, 6.45) is 4.28. The first-order chi connectivity index (χ1) is 10.3. The Balaban J connectivity index is 1.99. The van der Waals surface area contributed by atoms with E-state index in [0.29, 0.717) is 6.04 Å². The van der Waals surface area contributed by atoms with Crippen LogP contribution in [0.25, 0.3) is 10.9 Å². The molecular formula is C17H22N4. The normalized spacial score (nSPS) is 17.3. The highest BCUT2D eigenvalue weighted by atomic mass is 15.2. The number of benzene rings is 1. The zero-order valence-corrected chi connectivity index (χ0v) is 12.8. The highest BCUT2D eigenvalue weighted by Crippen LogP contribution is 2.32. The van der Waals surface area contributed by atoms with Crippen LogP contribution in [-0.2, 0) is 12.8 Å². The molecule has 1 aromatic carbocycles. The maximum atomic E-state index is 9.40. The van der Waals surface area contributed by atoms with Crippen molar-refractivity contribution in [2.24, 2.45) is 0 Å². The number of hydrogen-bond donors (Lipinski definition) is 1. The largest absolute Gasteiger partial charge is 0.300 e. The summed E-state index contributed by atoms with van der Waals surface area (Å²) in [5, 5.41) is 18.2. The molecule has 0 spiro atoms. The molecule has 4 nitrogen and oxygen atoms in total. The van der Waals surface area contributed by atoms with Crippen molar-refractivity contribution in [3.05, 3.63) is 29.0 Å². The number of nitrogens with one attached hydrogen (secondary N) is 1. The van der Waals surface area contributed by atoms with Gasteiger partial charge in [-0.05, 0) is 50.0 Å². The third-order valence-electron chi connectivity index (χ3n) is 4.44. The SMILES string of the molecule is CCCN(CCC)C1Cc2n[nH]c3ccc(C#N)c(c23)C1. The van der Waals surface area contributed by atoms with Crippen molar-refractivity contribution in [3.63, 3.8) is 0 Å². The fraction of sp³-hybridized carbons (Fsp3) is 0.529. The number of nitriles is 1. The van der Waals surface area contributed by atoms with Gasteiger partial charge in [-0.15, -0.1) is 0 Å². The van der Waals surface area contributed by atoms with E-state index in [0.717, 1.165) is 42.7 Å². The zero-order valence-electron chi connectivity index (χ0n) is 12.8. The summed E-state index contributed by atoms with van der Waals surface area (Å²) in [5.41, 5.74) is 4.19. The minimum absolute atomic E-state index is 0.471. The van der Waals surface area contributed by atoms with E-state index in [1.807, 2.05) is 12.1 Å². The van der Waals surface area contributed by atoms with Gasteiger partial charge in [0.2, 0.25) is 0 Å². The quantitative estimate of drug-likeness (QED) is 0.917. The molecule has 3 rings (SSSR count). The van der Waals surface area contributed by atoms with Gasteiger partial charge in [0.05, 0.1) is 22.8 Å². The van der Waals surface area contributed by atoms with Gasteiger partial charge in [-0.3, -0.25) is 10.00 Å². The van der Waals surface area contributed by atoms with Crippen LogP contribution in [0.1, 0.15) is 43.5 Å². The standard InChI is InChI=1S/C17H22N4/c1-3-7-21(8-4-2)13-9-14-12(11-18)5-6-15-17(14)16(10-13)20-19-15/h5-6,13H,3-4,7-10H2,1-2H3,(H,19,20). The first kappa shape index (κ1) is 14.1. The third-order valence-corrected chi connectivity index (χ3v) is 4.44. The lowest BCUT2D eigenvalue weighted by atomic mass is 9.87. The van der Waals surface area contributed by atoms with E-state index in [9.17, 15) is 5.26 Å². The lowest BCUT2D eigenvalue weighted by molar-refractivity contribution is 0.190. The minimum Gasteiger partial charge on any atom is -0.300 e. The highest BCUT2D eigenvalue weighted by Gasteiger charge is 2.28. The zero-order chi connectivity index (χ0) is 14.8. The minimum atomic E-state index is 0.471. The Kier molecular flexibility index (Phi) is 3.94. The van der Waals surface area contributed by atoms with Gasteiger partial charge in [0, 0.05) is 17.8 Å². The van der Waals surface area contributed by atoms with E-state index in [1.54, 1.807) is 0 Å². The Labute approximate surface area is 125 Å². The number of hydrogen-bond acceptors (Lipinski definition) is 3. The predicted molar refractivity (Wildman–Crippen MR) is 84.2 cm³/mol. The average molecular weight is 282 g/mol. The van der Waals surface area contributed by atoms with Crippen LogP contribution < -0.4 is 0 Å². The van der Waals surface area contributed by atoms with Crippen molar-refractivity contribution in [1.29, 1.82) is 5.26 Å². The molecule has 21 heavy (non-hydrogen) atoms. The molecule has 110 valence electrons. The fourth-order valence-corrected chi connectivity index (χ4v) is 3.56. The molecule has 0 radical (unpaired) electrons. The van der Waals surface area contributed by atoms with E-state index in [4.69, 9.17) is 0 Å². The maximum Gasteiger partial charge on any atom is 0.0994 e. The van der Waals surface area contributed by atoms with Crippen LogP contribution in [0.5, 0.6) is 0 Å². The lowest BCUT2D eigenvalue weighted by Gasteiger charge is -2.33. The van der Waals surface area contributed by atoms with Crippen molar-refractivity contribution in [3.8, 4) is 6.07 Å². The van der Waals surface area contributed by atoms with Crippen LogP contribution >= 0.6 is 0 Å². The molecule has 1 unspecified atom stereocenters. The van der Waals surface area contributed by atoms with Crippen molar-refractivity contribution < 1.29 is 0 Å². The summed E-state index contributed by atoms with van der Waals surface area (Å²) in [6.45, 7) is 6.70. The van der Waals surface area contributed by atoms with E-state index in [2.05, 4.69) is 35.0 Å². The van der Waals surface area contributed by atoms with Crippen LogP contribution in [0.4, 0.5) is 0 Å². The van der Waals surface area contributed by atoms with Gasteiger partial charge in [0.25, 0.3) is 0 Å². The van der Waals surface area contributed by atoms with Gasteiger partial charge in [0.1, 0.15) is 0 Å². The van der Waals surface area contributed by atoms with Crippen molar-refractivity contribution in [2.75, 3.05) is 13.1 Å². The molecule has 1 aromatic heterocycles. The smallest absolute Gasteiger partial charge is 0.0994 e. The number of nitrogens with zero attached hydrogens (tertiary/aromatic N) is 3. The lowest BCUT2D eigenvalue weighted by Crippen LogP contribution is -2.41. The van der Waals surface area contributed by atoms with Crippen molar-refractivity contribution in [2.45, 2.75) is 45.6 Å². The molecule has 1 atom stereocenters. The summed E-state index contributed by atoms with van der Waals surface area (Å²) in [5.74, 6) is 0. The second kappa shape index (κ2) is 5.87. The molecule has 0 saturated carbocycles. The van der Waals surface area contributed by atoms with Crippen LogP contribution in [-0.4, -0.2) is 34.2 Å². The topological polar surface area (TPSA) is 55.7 Å². The Morgan fingerprint density at radius 3 is 2.71 bits per heavy atom. The monoisotopic (exact) mass is 282 g/mol. The van der Waals surface area contributed by atoms with Crippen LogP contribution in [0, 0.1) is 11.3 Å². The first-order valence-corrected chi connectivity index (χ1v) is 7.91. The Morgan fingerprint density at radius 2 is 2.05 bits per heavy atom. The number of rotatable bonds is 5. The third kappa shape index (κ3) is 2.43. The highest BCUT2D eigenvalue weighted by molar-refractivity contribution is 5.88. The van der Waals surface area contributed by atoms with Crippen LogP contribution in [0.3, 0.4) is 0 Å². The summed E-state index contributed by atoms with van der Waals surface area (Å²) in [4.78, 5) is 2.57. The van der Waals surface area contributed by atoms with E-state index >= 15 is 0 Å². The molecule has 1 aliphatic rings. The molecule has 2 aromatic rings. The van der Waals surface area contributed by atoms with Gasteiger partial charge in [-0.25, -0.2) is 0 Å². The maximum absolute atomic E-state index is 9.40. The van der Waals surface area contributed by atoms with E-state index in [-0.39, 0.29) is 0 Å². The Bertz CT molecular complexity index is 674. The molecular weight excluding hydrogens is 260 g/mol. The molecule has 0 saturated heterocycles. The van der Waals surface area contributed by atoms with E-state index < -0.39 is 0 Å². The second-order valence-electron chi connectivity index (χ2n) is 5.89. The molecule has 4 heteroatoms. The predicted octanol–water partition coefficient (Wildman–Crippen LogP) is 3.02. The fourth-order valence-electron chi connectivity index (χ4n) is 3.56. The molecule has 0 aliphatic heterocycles. The summed E-state index contributed by atoms with van der Waals surface area (Å²) >= 11 is 0. The van der Waals surface area contributed by atoms with Gasteiger partial charge < -0.3 is 0 Å². The average Bonchev–Trinajstić information content (AvgIpc) is 2.92. The summed E-state index contributed by atoms with van der Waals surface area (Å²) in [7, 11) is 0. The summed E-state index contributed by atoms with van der Waals surface area (Å²) < 4.78 is 0. The molecule has 1 N–H and O–H groups in total. The van der Waals surface area contributed by atoms with Gasteiger partial charge in [0.15, 0.2) is 0 Å². The number of H-pyrrole nitrogens is 1. The van der Waals surface area contributed by atoms with Crippen molar-refractivity contribution in [1.82, 2.24) is 15.1 Å². The number of aromatic nitrogens is 2. The van der Waals surface area contributed by atoms with Crippen molar-refractivity contribution >= 4 is 10.9 Å². The molecule has 0 fully saturated rings. The first-order valence-electron chi connectivity index (χ1n) is 7.91. The second-order valence-corrected chi connectivity index (χ2v) is 5.89. The van der Waals surface area contributed by atoms with Crippen LogP contribution in [0.15, 0.2) is 12.1 Å².